The van der Waals surface area contributed by atoms with Crippen LogP contribution in [0.15, 0.2) is 42.5 Å². The molecule has 2 rings (SSSR count). The summed E-state index contributed by atoms with van der Waals surface area (Å²) in [5.74, 6) is -1.04. The average Bonchev–Trinajstić information content (AvgIpc) is 2.53. The normalized spacial score (nSPS) is 13.0. The van der Waals surface area contributed by atoms with Gasteiger partial charge in [-0.3, -0.25) is 0 Å². The number of carbonyl (C=O) groups is 1. The third-order valence-corrected chi connectivity index (χ3v) is 3.43. The molecule has 2 aromatic carbocycles. The molecule has 1 unspecified atom stereocenters. The van der Waals surface area contributed by atoms with Crippen LogP contribution in [0, 0.1) is 11.6 Å². The smallest absolute Gasteiger partial charge is 0.319 e. The fourth-order valence-corrected chi connectivity index (χ4v) is 2.15. The van der Waals surface area contributed by atoms with E-state index in [0.29, 0.717) is 17.5 Å². The second-order valence-corrected chi connectivity index (χ2v) is 5.44. The SMILES string of the molecule is COc1cccc(NC(=O)NCC(C)(O)c2ccc(F)cc2F)c1. The van der Waals surface area contributed by atoms with Gasteiger partial charge in [-0.15, -0.1) is 0 Å². The second-order valence-electron chi connectivity index (χ2n) is 5.44. The van der Waals surface area contributed by atoms with E-state index in [0.717, 1.165) is 12.1 Å². The number of methoxy groups -OCH3 is 1. The van der Waals surface area contributed by atoms with Crippen LogP contribution in [-0.2, 0) is 5.60 Å². The summed E-state index contributed by atoms with van der Waals surface area (Å²) in [4.78, 5) is 11.9. The van der Waals surface area contributed by atoms with E-state index >= 15 is 0 Å². The molecule has 0 aliphatic heterocycles. The Morgan fingerprint density at radius 2 is 2.00 bits per heavy atom. The Morgan fingerprint density at radius 1 is 1.25 bits per heavy atom. The van der Waals surface area contributed by atoms with Crippen molar-refractivity contribution in [2.45, 2.75) is 12.5 Å². The molecule has 0 aromatic heterocycles. The molecule has 0 spiro atoms. The molecule has 24 heavy (non-hydrogen) atoms. The minimum atomic E-state index is -1.69. The molecule has 0 bridgehead atoms. The van der Waals surface area contributed by atoms with Gasteiger partial charge in [0.05, 0.1) is 13.7 Å². The maximum Gasteiger partial charge on any atom is 0.319 e. The van der Waals surface area contributed by atoms with Gasteiger partial charge in [0.15, 0.2) is 0 Å². The van der Waals surface area contributed by atoms with Crippen LogP contribution in [-0.4, -0.2) is 24.8 Å². The Morgan fingerprint density at radius 3 is 2.67 bits per heavy atom. The van der Waals surface area contributed by atoms with E-state index in [4.69, 9.17) is 4.74 Å². The number of anilines is 1. The highest BCUT2D eigenvalue weighted by Crippen LogP contribution is 2.23. The van der Waals surface area contributed by atoms with Crippen LogP contribution in [0.1, 0.15) is 12.5 Å². The van der Waals surface area contributed by atoms with Crippen LogP contribution in [0.25, 0.3) is 0 Å². The molecule has 2 aromatic rings. The lowest BCUT2D eigenvalue weighted by atomic mass is 9.95. The third-order valence-electron chi connectivity index (χ3n) is 3.43. The van der Waals surface area contributed by atoms with Crippen molar-refractivity contribution in [2.24, 2.45) is 0 Å². The van der Waals surface area contributed by atoms with Gasteiger partial charge in [-0.05, 0) is 25.1 Å². The first-order valence-corrected chi connectivity index (χ1v) is 7.18. The predicted molar refractivity (Wildman–Crippen MR) is 85.9 cm³/mol. The first-order chi connectivity index (χ1) is 11.3. The summed E-state index contributed by atoms with van der Waals surface area (Å²) >= 11 is 0. The maximum absolute atomic E-state index is 13.8. The van der Waals surface area contributed by atoms with Crippen molar-refractivity contribution in [3.63, 3.8) is 0 Å². The molecule has 0 saturated heterocycles. The molecule has 1 atom stereocenters. The Hall–Kier alpha value is -2.67. The van der Waals surface area contributed by atoms with Gasteiger partial charge in [-0.2, -0.15) is 0 Å². The van der Waals surface area contributed by atoms with E-state index in [2.05, 4.69) is 10.6 Å². The van der Waals surface area contributed by atoms with Crippen molar-refractivity contribution in [1.82, 2.24) is 5.32 Å². The Kier molecular flexibility index (Phi) is 5.35. The Balaban J connectivity index is 1.99. The lowest BCUT2D eigenvalue weighted by Crippen LogP contribution is -2.41. The van der Waals surface area contributed by atoms with Crippen LogP contribution in [0.3, 0.4) is 0 Å². The molecule has 0 aliphatic rings. The van der Waals surface area contributed by atoms with Gasteiger partial charge >= 0.3 is 6.03 Å². The minimum absolute atomic E-state index is 0.106. The van der Waals surface area contributed by atoms with E-state index in [1.54, 1.807) is 24.3 Å². The number of aliphatic hydroxyl groups is 1. The van der Waals surface area contributed by atoms with Gasteiger partial charge in [0.1, 0.15) is 23.0 Å². The lowest BCUT2D eigenvalue weighted by molar-refractivity contribution is 0.0561. The van der Waals surface area contributed by atoms with Crippen LogP contribution >= 0.6 is 0 Å². The number of benzene rings is 2. The molecule has 5 nitrogen and oxygen atoms in total. The van der Waals surface area contributed by atoms with E-state index in [1.165, 1.54) is 14.0 Å². The number of ether oxygens (including phenoxy) is 1. The van der Waals surface area contributed by atoms with E-state index in [-0.39, 0.29) is 12.1 Å². The largest absolute Gasteiger partial charge is 0.497 e. The third kappa shape index (κ3) is 4.42. The highest BCUT2D eigenvalue weighted by molar-refractivity contribution is 5.89. The van der Waals surface area contributed by atoms with Crippen molar-refractivity contribution in [1.29, 1.82) is 0 Å². The minimum Gasteiger partial charge on any atom is -0.497 e. The first-order valence-electron chi connectivity index (χ1n) is 7.18. The van der Waals surface area contributed by atoms with Crippen LogP contribution in [0.4, 0.5) is 19.3 Å². The zero-order valence-corrected chi connectivity index (χ0v) is 13.3. The lowest BCUT2D eigenvalue weighted by Gasteiger charge is -2.24. The first kappa shape index (κ1) is 17.7. The van der Waals surface area contributed by atoms with Gasteiger partial charge in [-0.25, -0.2) is 13.6 Å². The molecule has 0 aliphatic carbocycles. The number of rotatable bonds is 5. The van der Waals surface area contributed by atoms with Crippen molar-refractivity contribution in [3.8, 4) is 5.75 Å². The van der Waals surface area contributed by atoms with Crippen molar-refractivity contribution < 1.29 is 23.4 Å². The van der Waals surface area contributed by atoms with Crippen molar-refractivity contribution in [2.75, 3.05) is 19.0 Å². The van der Waals surface area contributed by atoms with E-state index in [1.807, 2.05) is 0 Å². The van der Waals surface area contributed by atoms with Crippen molar-refractivity contribution >= 4 is 11.7 Å². The highest BCUT2D eigenvalue weighted by Gasteiger charge is 2.27. The molecule has 0 fully saturated rings. The molecule has 0 radical (unpaired) electrons. The van der Waals surface area contributed by atoms with Crippen LogP contribution in [0.5, 0.6) is 5.75 Å². The van der Waals surface area contributed by atoms with Gasteiger partial charge in [0.2, 0.25) is 0 Å². The summed E-state index contributed by atoms with van der Waals surface area (Å²) in [6.07, 6.45) is 0. The van der Waals surface area contributed by atoms with Crippen molar-refractivity contribution in [3.05, 3.63) is 59.7 Å². The number of urea groups is 1. The average molecular weight is 336 g/mol. The predicted octanol–water partition coefficient (Wildman–Crippen LogP) is 3.00. The molecular weight excluding hydrogens is 318 g/mol. The standard InChI is InChI=1S/C17H18F2N2O3/c1-17(23,14-7-6-11(18)8-15(14)19)10-20-16(22)21-12-4-3-5-13(9-12)24-2/h3-9,23H,10H2,1-2H3,(H2,20,21,22). The molecule has 128 valence electrons. The zero-order valence-electron chi connectivity index (χ0n) is 13.3. The quantitative estimate of drug-likeness (QED) is 0.786. The monoisotopic (exact) mass is 336 g/mol. The summed E-state index contributed by atoms with van der Waals surface area (Å²) in [6.45, 7) is 1.07. The molecule has 3 N–H and O–H groups in total. The van der Waals surface area contributed by atoms with E-state index in [9.17, 15) is 18.7 Å². The second kappa shape index (κ2) is 7.27. The Labute approximate surface area is 138 Å². The summed E-state index contributed by atoms with van der Waals surface area (Å²) in [7, 11) is 1.51. The topological polar surface area (TPSA) is 70.6 Å². The Bertz CT molecular complexity index is 736. The summed E-state index contributed by atoms with van der Waals surface area (Å²) < 4.78 is 31.7. The zero-order chi connectivity index (χ0) is 17.7. The molecule has 0 saturated carbocycles. The van der Waals surface area contributed by atoms with Crippen LogP contribution < -0.4 is 15.4 Å². The number of hydrogen-bond acceptors (Lipinski definition) is 3. The number of halogens is 2. The summed E-state index contributed by atoms with van der Waals surface area (Å²) in [5.41, 5.74) is -1.30. The summed E-state index contributed by atoms with van der Waals surface area (Å²) in [6, 6.07) is 9.02. The molecular formula is C17H18F2N2O3. The highest BCUT2D eigenvalue weighted by atomic mass is 19.1. The van der Waals surface area contributed by atoms with Gasteiger partial charge in [-0.1, -0.05) is 12.1 Å². The van der Waals surface area contributed by atoms with Gasteiger partial charge in [0.25, 0.3) is 0 Å². The fraction of sp³-hybridized carbons (Fsp3) is 0.235. The fourth-order valence-electron chi connectivity index (χ4n) is 2.15. The number of amides is 2. The number of carbonyl (C=O) groups excluding carboxylic acids is 1. The summed E-state index contributed by atoms with van der Waals surface area (Å²) in [5, 5.41) is 15.3. The van der Waals surface area contributed by atoms with Gasteiger partial charge < -0.3 is 20.5 Å². The van der Waals surface area contributed by atoms with E-state index < -0.39 is 23.3 Å². The van der Waals surface area contributed by atoms with Gasteiger partial charge in [0, 0.05) is 23.4 Å². The van der Waals surface area contributed by atoms with Crippen LogP contribution in [0.2, 0.25) is 0 Å². The number of hydrogen-bond donors (Lipinski definition) is 3. The maximum atomic E-state index is 13.8. The number of nitrogens with one attached hydrogen (secondary N) is 2. The molecule has 7 heteroatoms. The molecule has 2 amide bonds. The molecule has 0 heterocycles.